The molecule has 0 aliphatic heterocycles. The Kier molecular flexibility index (Phi) is 15.1. The van der Waals surface area contributed by atoms with Crippen LogP contribution in [0.1, 0.15) is 50.8 Å². The minimum Gasteiger partial charge on any atom is -0.480 e. The molecule has 50 heavy (non-hydrogen) atoms. The summed E-state index contributed by atoms with van der Waals surface area (Å²) >= 11 is 0. The molecule has 0 heterocycles. The first-order valence-corrected chi connectivity index (χ1v) is 16.7. The molecule has 0 aliphatic rings. The zero-order chi connectivity index (χ0) is 36.8. The number of hydrazine groups is 1. The quantitative estimate of drug-likeness (QED) is 0.0755. The van der Waals surface area contributed by atoms with Gasteiger partial charge >= 0.3 is 12.1 Å². The number of aliphatic carboxylic acids is 1. The normalized spacial score (nSPS) is 14.7. The Hall–Kier alpha value is -5.07. The van der Waals surface area contributed by atoms with Gasteiger partial charge in [-0.3, -0.25) is 19.4 Å². The minimum absolute atomic E-state index is 0.0130. The van der Waals surface area contributed by atoms with Gasteiger partial charge in [-0.1, -0.05) is 105 Å². The number of hydrogen-bond donors (Lipinski definition) is 5. The molecule has 6 atom stereocenters. The van der Waals surface area contributed by atoms with Crippen molar-refractivity contribution >= 4 is 29.7 Å². The highest BCUT2D eigenvalue weighted by Gasteiger charge is 2.38. The highest BCUT2D eigenvalue weighted by molar-refractivity contribution is 5.93. The first kappa shape index (κ1) is 39.4. The summed E-state index contributed by atoms with van der Waals surface area (Å²) in [5.74, 6) is 0.531. The molecule has 3 rings (SSSR count). The maximum atomic E-state index is 14.0. The van der Waals surface area contributed by atoms with Crippen LogP contribution in [-0.2, 0) is 43.4 Å². The standard InChI is InChI=1S/C38H48N4O8/c1-24(2)33(37(47)48)42(39)36(46)30(20-27-14-8-5-9-15-27)22-32(43)31(21-28-16-10-6-11-17-28)34(44)25(3)40-35(45)26(4)41-38(49)50-23-29-18-12-7-13-19-29/h5-19,24-26,30-33,43H,20-23,39H2,1-4H3,(H,40,45)(H,41,49)(H,47,48)/t25-,26-,30?,31-,32-,33+/m0/s1. The van der Waals surface area contributed by atoms with Crippen LogP contribution in [0.2, 0.25) is 0 Å². The summed E-state index contributed by atoms with van der Waals surface area (Å²) in [5, 5.41) is 27.3. The van der Waals surface area contributed by atoms with Gasteiger partial charge in [0.1, 0.15) is 18.7 Å². The number of ketones is 1. The second-order valence-corrected chi connectivity index (χ2v) is 12.8. The Balaban J connectivity index is 1.78. The van der Waals surface area contributed by atoms with E-state index in [2.05, 4.69) is 10.6 Å². The van der Waals surface area contributed by atoms with E-state index in [0.717, 1.165) is 16.7 Å². The second kappa shape index (κ2) is 19.2. The Morgan fingerprint density at radius 1 is 0.740 bits per heavy atom. The van der Waals surface area contributed by atoms with Crippen molar-refractivity contribution in [2.75, 3.05) is 0 Å². The van der Waals surface area contributed by atoms with Crippen LogP contribution < -0.4 is 16.5 Å². The lowest BCUT2D eigenvalue weighted by molar-refractivity contribution is -0.155. The topological polar surface area (TPSA) is 188 Å². The molecule has 0 saturated carbocycles. The number of ether oxygens (including phenoxy) is 1. The number of nitrogens with two attached hydrogens (primary N) is 1. The zero-order valence-electron chi connectivity index (χ0n) is 28.9. The van der Waals surface area contributed by atoms with Crippen LogP contribution in [-0.4, -0.2) is 69.1 Å². The fourth-order valence-corrected chi connectivity index (χ4v) is 5.73. The number of benzene rings is 3. The van der Waals surface area contributed by atoms with Crippen molar-refractivity contribution in [1.82, 2.24) is 15.6 Å². The molecule has 0 aliphatic carbocycles. The van der Waals surface area contributed by atoms with Gasteiger partial charge in [-0.05, 0) is 55.7 Å². The van der Waals surface area contributed by atoms with E-state index in [-0.39, 0.29) is 25.9 Å². The van der Waals surface area contributed by atoms with Gasteiger partial charge in [-0.15, -0.1) is 0 Å². The molecule has 268 valence electrons. The number of aliphatic hydroxyl groups excluding tert-OH is 1. The van der Waals surface area contributed by atoms with Crippen molar-refractivity contribution < 1.29 is 38.9 Å². The number of carbonyl (C=O) groups is 5. The third-order valence-corrected chi connectivity index (χ3v) is 8.49. The van der Waals surface area contributed by atoms with E-state index in [1.165, 1.54) is 13.8 Å². The van der Waals surface area contributed by atoms with Gasteiger partial charge in [-0.2, -0.15) is 0 Å². The maximum Gasteiger partial charge on any atom is 0.408 e. The van der Waals surface area contributed by atoms with E-state index in [1.54, 1.807) is 62.4 Å². The lowest BCUT2D eigenvalue weighted by atomic mass is 9.81. The maximum absolute atomic E-state index is 14.0. The monoisotopic (exact) mass is 688 g/mol. The molecule has 0 spiro atoms. The van der Waals surface area contributed by atoms with E-state index in [9.17, 15) is 34.2 Å². The lowest BCUT2D eigenvalue weighted by Gasteiger charge is -2.32. The highest BCUT2D eigenvalue weighted by Crippen LogP contribution is 2.25. The third-order valence-electron chi connectivity index (χ3n) is 8.49. The number of aliphatic hydroxyl groups is 1. The summed E-state index contributed by atoms with van der Waals surface area (Å²) in [6.45, 7) is 6.23. The number of carboxylic acid groups (broad SMARTS) is 1. The molecular weight excluding hydrogens is 640 g/mol. The Labute approximate surface area is 293 Å². The molecule has 0 bridgehead atoms. The summed E-state index contributed by atoms with van der Waals surface area (Å²) in [4.78, 5) is 65.1. The van der Waals surface area contributed by atoms with Crippen molar-refractivity contribution in [3.8, 4) is 0 Å². The molecule has 3 aromatic carbocycles. The number of Topliss-reactive ketones (excluding diaryl/α,β-unsaturated/α-hetero) is 1. The molecule has 0 aromatic heterocycles. The van der Waals surface area contributed by atoms with Gasteiger partial charge < -0.3 is 25.6 Å². The predicted octanol–water partition coefficient (Wildman–Crippen LogP) is 3.66. The number of nitrogens with one attached hydrogen (secondary N) is 2. The molecule has 0 fully saturated rings. The molecule has 1 unspecified atom stereocenters. The van der Waals surface area contributed by atoms with E-state index >= 15 is 0 Å². The Morgan fingerprint density at radius 2 is 1.24 bits per heavy atom. The average molecular weight is 689 g/mol. The van der Waals surface area contributed by atoms with Crippen molar-refractivity contribution in [3.63, 3.8) is 0 Å². The van der Waals surface area contributed by atoms with Gasteiger partial charge in [-0.25, -0.2) is 15.4 Å². The lowest BCUT2D eigenvalue weighted by Crippen LogP contribution is -2.55. The van der Waals surface area contributed by atoms with Crippen LogP contribution >= 0.6 is 0 Å². The smallest absolute Gasteiger partial charge is 0.408 e. The van der Waals surface area contributed by atoms with Crippen LogP contribution in [0.4, 0.5) is 4.79 Å². The summed E-state index contributed by atoms with van der Waals surface area (Å²) in [7, 11) is 0. The third kappa shape index (κ3) is 11.8. The highest BCUT2D eigenvalue weighted by atomic mass is 16.5. The van der Waals surface area contributed by atoms with E-state index < -0.39 is 71.6 Å². The van der Waals surface area contributed by atoms with Crippen LogP contribution in [0, 0.1) is 17.8 Å². The zero-order valence-corrected chi connectivity index (χ0v) is 28.9. The van der Waals surface area contributed by atoms with Crippen molar-refractivity contribution in [2.45, 2.75) is 77.8 Å². The molecule has 0 saturated heterocycles. The van der Waals surface area contributed by atoms with E-state index in [1.807, 2.05) is 42.5 Å². The van der Waals surface area contributed by atoms with Gasteiger partial charge in [0, 0.05) is 11.8 Å². The molecule has 3 amide bonds. The van der Waals surface area contributed by atoms with Gasteiger partial charge in [0.15, 0.2) is 5.78 Å². The van der Waals surface area contributed by atoms with Gasteiger partial charge in [0.25, 0.3) is 0 Å². The van der Waals surface area contributed by atoms with Crippen LogP contribution in [0.15, 0.2) is 91.0 Å². The first-order chi connectivity index (χ1) is 23.8. The van der Waals surface area contributed by atoms with Crippen LogP contribution in [0.5, 0.6) is 0 Å². The molecular formula is C38H48N4O8. The summed E-state index contributed by atoms with van der Waals surface area (Å²) in [6, 6.07) is 23.7. The van der Waals surface area contributed by atoms with Crippen molar-refractivity contribution in [2.24, 2.45) is 23.6 Å². The fourth-order valence-electron chi connectivity index (χ4n) is 5.73. The second-order valence-electron chi connectivity index (χ2n) is 12.8. The molecule has 12 heteroatoms. The van der Waals surface area contributed by atoms with Crippen LogP contribution in [0.3, 0.4) is 0 Å². The SMILES string of the molecule is CC(C)[C@H](C(=O)O)N(N)C(=O)C(Cc1ccccc1)C[C@H](O)[C@H](Cc1ccccc1)C(=O)[C@H](C)NC(=O)[C@H](C)NC(=O)OCc1ccccc1. The fraction of sp³-hybridized carbons (Fsp3) is 0.395. The minimum atomic E-state index is -1.38. The molecule has 12 nitrogen and oxygen atoms in total. The van der Waals surface area contributed by atoms with Crippen LogP contribution in [0.25, 0.3) is 0 Å². The molecule has 3 aromatic rings. The Bertz CT molecular complexity index is 1550. The van der Waals surface area contributed by atoms with Gasteiger partial charge in [0.2, 0.25) is 11.8 Å². The largest absolute Gasteiger partial charge is 0.480 e. The van der Waals surface area contributed by atoms with Crippen molar-refractivity contribution in [3.05, 3.63) is 108 Å². The number of nitrogens with zero attached hydrogens (tertiary/aromatic N) is 1. The number of carboxylic acids is 1. The number of amides is 3. The number of hydrogen-bond acceptors (Lipinski definition) is 8. The number of carbonyl (C=O) groups excluding carboxylic acids is 4. The van der Waals surface area contributed by atoms with E-state index in [0.29, 0.717) is 5.01 Å². The summed E-state index contributed by atoms with van der Waals surface area (Å²) in [6.07, 6.45) is -2.15. The van der Waals surface area contributed by atoms with Crippen molar-refractivity contribution in [1.29, 1.82) is 0 Å². The average Bonchev–Trinajstić information content (AvgIpc) is 3.09. The molecule has 0 radical (unpaired) electrons. The predicted molar refractivity (Wildman–Crippen MR) is 187 cm³/mol. The Morgan fingerprint density at radius 3 is 1.74 bits per heavy atom. The number of rotatable bonds is 18. The van der Waals surface area contributed by atoms with Gasteiger partial charge in [0.05, 0.1) is 12.1 Å². The summed E-state index contributed by atoms with van der Waals surface area (Å²) < 4.78 is 5.19. The van der Waals surface area contributed by atoms with E-state index in [4.69, 9.17) is 10.6 Å². The first-order valence-electron chi connectivity index (χ1n) is 16.7. The number of alkyl carbamates (subject to hydrolysis) is 1. The molecule has 6 N–H and O–H groups in total. The summed E-state index contributed by atoms with van der Waals surface area (Å²) in [5.41, 5.74) is 2.28.